The average Bonchev–Trinajstić information content (AvgIpc) is 2.73. The Bertz CT molecular complexity index is 799. The second-order valence-corrected chi connectivity index (χ2v) is 7.38. The summed E-state index contributed by atoms with van der Waals surface area (Å²) in [5.41, 5.74) is 4.38. The van der Waals surface area contributed by atoms with E-state index in [9.17, 15) is 4.79 Å². The van der Waals surface area contributed by atoms with Gasteiger partial charge in [0.05, 0.1) is 6.61 Å². The third-order valence-electron chi connectivity index (χ3n) is 5.45. The van der Waals surface area contributed by atoms with Crippen molar-refractivity contribution in [3.05, 3.63) is 53.6 Å². The van der Waals surface area contributed by atoms with Crippen molar-refractivity contribution in [1.29, 1.82) is 0 Å². The van der Waals surface area contributed by atoms with Gasteiger partial charge in [0.15, 0.2) is 0 Å². The zero-order valence-corrected chi connectivity index (χ0v) is 17.7. The minimum absolute atomic E-state index is 0.147. The maximum Gasteiger partial charge on any atom is 0.319 e. The average molecular weight is 397 g/mol. The standard InChI is InChI=1S/C23H32N4O2/c1-4-29-21-10-8-20(9-11-21)27-16-14-26(15-17-27)13-12-24-23(28)25-22-7-5-6-18(2)19(22)3/h5-11H,4,12-17H2,1-3H3,(H2,24,25,28). The van der Waals surface area contributed by atoms with Gasteiger partial charge in [-0.3, -0.25) is 4.90 Å². The Morgan fingerprint density at radius 2 is 1.76 bits per heavy atom. The van der Waals surface area contributed by atoms with Gasteiger partial charge >= 0.3 is 6.03 Å². The van der Waals surface area contributed by atoms with Crippen molar-refractivity contribution in [3.63, 3.8) is 0 Å². The Labute approximate surface area is 173 Å². The van der Waals surface area contributed by atoms with Crippen LogP contribution in [-0.2, 0) is 0 Å². The lowest BCUT2D eigenvalue weighted by molar-refractivity contribution is 0.240. The van der Waals surface area contributed by atoms with Crippen LogP contribution in [0.5, 0.6) is 5.75 Å². The van der Waals surface area contributed by atoms with Gasteiger partial charge in [-0.15, -0.1) is 0 Å². The number of anilines is 2. The fraction of sp³-hybridized carbons (Fsp3) is 0.435. The summed E-state index contributed by atoms with van der Waals surface area (Å²) in [6, 6.07) is 14.1. The van der Waals surface area contributed by atoms with Crippen LogP contribution in [0.4, 0.5) is 16.2 Å². The van der Waals surface area contributed by atoms with Gasteiger partial charge in [0, 0.05) is 50.6 Å². The number of hydrogen-bond acceptors (Lipinski definition) is 4. The number of ether oxygens (including phenoxy) is 1. The molecule has 156 valence electrons. The van der Waals surface area contributed by atoms with E-state index in [1.807, 2.05) is 51.1 Å². The van der Waals surface area contributed by atoms with Crippen LogP contribution < -0.4 is 20.3 Å². The lowest BCUT2D eigenvalue weighted by atomic mass is 10.1. The molecule has 6 nitrogen and oxygen atoms in total. The molecule has 1 fully saturated rings. The van der Waals surface area contributed by atoms with Crippen LogP contribution in [0, 0.1) is 13.8 Å². The van der Waals surface area contributed by atoms with Gasteiger partial charge in [-0.2, -0.15) is 0 Å². The van der Waals surface area contributed by atoms with Gasteiger partial charge in [-0.05, 0) is 62.2 Å². The first-order valence-electron chi connectivity index (χ1n) is 10.4. The van der Waals surface area contributed by atoms with Crippen LogP contribution in [0.1, 0.15) is 18.1 Å². The lowest BCUT2D eigenvalue weighted by Gasteiger charge is -2.36. The van der Waals surface area contributed by atoms with Crippen LogP contribution in [0.25, 0.3) is 0 Å². The molecule has 0 bridgehead atoms. The number of piperazine rings is 1. The maximum absolute atomic E-state index is 12.2. The number of hydrogen-bond donors (Lipinski definition) is 2. The molecule has 0 radical (unpaired) electrons. The molecule has 2 aromatic carbocycles. The number of nitrogens with one attached hydrogen (secondary N) is 2. The summed E-state index contributed by atoms with van der Waals surface area (Å²) in [6.07, 6.45) is 0. The summed E-state index contributed by atoms with van der Waals surface area (Å²) in [7, 11) is 0. The Hall–Kier alpha value is -2.73. The van der Waals surface area contributed by atoms with Crippen molar-refractivity contribution in [2.24, 2.45) is 0 Å². The first-order valence-corrected chi connectivity index (χ1v) is 10.4. The molecule has 3 rings (SSSR count). The fourth-order valence-electron chi connectivity index (χ4n) is 3.53. The second-order valence-electron chi connectivity index (χ2n) is 7.38. The molecule has 1 saturated heterocycles. The Morgan fingerprint density at radius 1 is 1.03 bits per heavy atom. The SMILES string of the molecule is CCOc1ccc(N2CCN(CCNC(=O)Nc3cccc(C)c3C)CC2)cc1. The van der Waals surface area contributed by atoms with E-state index in [-0.39, 0.29) is 6.03 Å². The summed E-state index contributed by atoms with van der Waals surface area (Å²) in [5, 5.41) is 5.91. The van der Waals surface area contributed by atoms with E-state index in [0.717, 1.165) is 49.7 Å². The topological polar surface area (TPSA) is 56.8 Å². The molecule has 1 aliphatic heterocycles. The number of benzene rings is 2. The van der Waals surface area contributed by atoms with Crippen LogP contribution in [0.3, 0.4) is 0 Å². The third-order valence-corrected chi connectivity index (χ3v) is 5.45. The first-order chi connectivity index (χ1) is 14.1. The van der Waals surface area contributed by atoms with Crippen LogP contribution in [0.15, 0.2) is 42.5 Å². The van der Waals surface area contributed by atoms with Crippen LogP contribution in [0.2, 0.25) is 0 Å². The van der Waals surface area contributed by atoms with E-state index in [2.05, 4.69) is 32.6 Å². The number of nitrogens with zero attached hydrogens (tertiary/aromatic N) is 2. The molecule has 2 aromatic rings. The molecule has 29 heavy (non-hydrogen) atoms. The Balaban J connectivity index is 1.37. The first kappa shape index (κ1) is 21.0. The minimum atomic E-state index is -0.147. The van der Waals surface area contributed by atoms with Gasteiger partial charge < -0.3 is 20.3 Å². The van der Waals surface area contributed by atoms with E-state index in [1.54, 1.807) is 0 Å². The quantitative estimate of drug-likeness (QED) is 0.750. The van der Waals surface area contributed by atoms with Crippen molar-refractivity contribution in [3.8, 4) is 5.75 Å². The van der Waals surface area contributed by atoms with E-state index in [1.165, 1.54) is 11.3 Å². The Morgan fingerprint density at radius 3 is 2.45 bits per heavy atom. The molecule has 2 amide bonds. The highest BCUT2D eigenvalue weighted by molar-refractivity contribution is 5.90. The van der Waals surface area contributed by atoms with Crippen molar-refractivity contribution in [2.75, 3.05) is 56.1 Å². The molecular formula is C23H32N4O2. The normalized spacial score (nSPS) is 14.5. The molecule has 0 saturated carbocycles. The third kappa shape index (κ3) is 5.87. The van der Waals surface area contributed by atoms with Crippen molar-refractivity contribution < 1.29 is 9.53 Å². The summed E-state index contributed by atoms with van der Waals surface area (Å²) in [5.74, 6) is 0.917. The highest BCUT2D eigenvalue weighted by Crippen LogP contribution is 2.21. The van der Waals surface area contributed by atoms with Crippen LogP contribution >= 0.6 is 0 Å². The molecule has 1 heterocycles. The molecule has 1 aliphatic rings. The number of urea groups is 1. The van der Waals surface area contributed by atoms with E-state index in [4.69, 9.17) is 4.74 Å². The molecule has 2 N–H and O–H groups in total. The van der Waals surface area contributed by atoms with Crippen molar-refractivity contribution >= 4 is 17.4 Å². The molecule has 0 aliphatic carbocycles. The summed E-state index contributed by atoms with van der Waals surface area (Å²) in [6.45, 7) is 12.2. The maximum atomic E-state index is 12.2. The predicted molar refractivity (Wildman–Crippen MR) is 119 cm³/mol. The molecule has 0 aromatic heterocycles. The van der Waals surface area contributed by atoms with Crippen molar-refractivity contribution in [1.82, 2.24) is 10.2 Å². The number of rotatable bonds is 7. The zero-order chi connectivity index (χ0) is 20.6. The van der Waals surface area contributed by atoms with E-state index in [0.29, 0.717) is 13.2 Å². The summed E-state index contributed by atoms with van der Waals surface area (Å²) < 4.78 is 5.51. The summed E-state index contributed by atoms with van der Waals surface area (Å²) in [4.78, 5) is 17.0. The van der Waals surface area contributed by atoms with Gasteiger partial charge in [0.25, 0.3) is 0 Å². The van der Waals surface area contributed by atoms with Crippen molar-refractivity contribution in [2.45, 2.75) is 20.8 Å². The molecular weight excluding hydrogens is 364 g/mol. The molecule has 0 unspecified atom stereocenters. The van der Waals surface area contributed by atoms with Crippen LogP contribution in [-0.4, -0.2) is 56.8 Å². The highest BCUT2D eigenvalue weighted by atomic mass is 16.5. The second kappa shape index (κ2) is 10.2. The predicted octanol–water partition coefficient (Wildman–Crippen LogP) is 3.65. The fourth-order valence-corrected chi connectivity index (χ4v) is 3.53. The smallest absolute Gasteiger partial charge is 0.319 e. The number of amides is 2. The molecule has 0 atom stereocenters. The number of carbonyl (C=O) groups is 1. The monoisotopic (exact) mass is 396 g/mol. The minimum Gasteiger partial charge on any atom is -0.494 e. The molecule has 6 heteroatoms. The number of aryl methyl sites for hydroxylation is 1. The summed E-state index contributed by atoms with van der Waals surface area (Å²) >= 11 is 0. The van der Waals surface area contributed by atoms with Gasteiger partial charge in [-0.1, -0.05) is 12.1 Å². The van der Waals surface area contributed by atoms with E-state index >= 15 is 0 Å². The number of carbonyl (C=O) groups excluding carboxylic acids is 1. The van der Waals surface area contributed by atoms with E-state index < -0.39 is 0 Å². The van der Waals surface area contributed by atoms with Gasteiger partial charge in [0.1, 0.15) is 5.75 Å². The Kier molecular flexibility index (Phi) is 7.36. The highest BCUT2D eigenvalue weighted by Gasteiger charge is 2.17. The van der Waals surface area contributed by atoms with Gasteiger partial charge in [-0.25, -0.2) is 4.79 Å². The molecule has 0 spiro atoms. The lowest BCUT2D eigenvalue weighted by Crippen LogP contribution is -2.48. The zero-order valence-electron chi connectivity index (χ0n) is 17.7. The van der Waals surface area contributed by atoms with Gasteiger partial charge in [0.2, 0.25) is 0 Å². The largest absolute Gasteiger partial charge is 0.494 e.